The first kappa shape index (κ1) is 15.9. The third kappa shape index (κ3) is 3.94. The molecule has 108 valence electrons. The zero-order chi connectivity index (χ0) is 13.6. The average Bonchev–Trinajstić information content (AvgIpc) is 2.29. The van der Waals surface area contributed by atoms with E-state index in [1.165, 1.54) is 0 Å². The van der Waals surface area contributed by atoms with Crippen LogP contribution >= 0.6 is 0 Å². The fourth-order valence-corrected chi connectivity index (χ4v) is 3.09. The van der Waals surface area contributed by atoms with E-state index in [1.807, 2.05) is 0 Å². The zero-order valence-corrected chi connectivity index (χ0v) is 12.8. The van der Waals surface area contributed by atoms with Crippen LogP contribution < -0.4 is 5.32 Å². The SMILES string of the molecule is CCCNC(C(C)(C)C)C1(OCC)CCOCC1. The smallest absolute Gasteiger partial charge is 0.0883 e. The molecule has 1 N–H and O–H groups in total. The van der Waals surface area contributed by atoms with Gasteiger partial charge < -0.3 is 14.8 Å². The molecule has 1 fully saturated rings. The van der Waals surface area contributed by atoms with Crippen LogP contribution in [-0.2, 0) is 9.47 Å². The lowest BCUT2D eigenvalue weighted by atomic mass is 9.72. The summed E-state index contributed by atoms with van der Waals surface area (Å²) in [5, 5.41) is 3.72. The molecule has 1 rings (SSSR count). The van der Waals surface area contributed by atoms with Crippen molar-refractivity contribution in [2.24, 2.45) is 5.41 Å². The molecule has 1 aliphatic heterocycles. The van der Waals surface area contributed by atoms with Gasteiger partial charge in [0.05, 0.1) is 5.60 Å². The molecule has 0 radical (unpaired) electrons. The monoisotopic (exact) mass is 257 g/mol. The number of ether oxygens (including phenoxy) is 2. The van der Waals surface area contributed by atoms with Crippen LogP contribution in [0.4, 0.5) is 0 Å². The Balaban J connectivity index is 2.88. The highest BCUT2D eigenvalue weighted by atomic mass is 16.5. The van der Waals surface area contributed by atoms with E-state index >= 15 is 0 Å². The summed E-state index contributed by atoms with van der Waals surface area (Å²) in [5.41, 5.74) is 0.141. The van der Waals surface area contributed by atoms with Crippen LogP contribution in [0.1, 0.15) is 53.9 Å². The first-order valence-electron chi connectivity index (χ1n) is 7.41. The van der Waals surface area contributed by atoms with E-state index < -0.39 is 0 Å². The van der Waals surface area contributed by atoms with Crippen molar-refractivity contribution in [1.29, 1.82) is 0 Å². The Kier molecular flexibility index (Phi) is 6.09. The Labute approximate surface area is 113 Å². The molecule has 0 spiro atoms. The lowest BCUT2D eigenvalue weighted by Gasteiger charge is -2.49. The lowest BCUT2D eigenvalue weighted by molar-refractivity contribution is -0.144. The molecule has 0 amide bonds. The van der Waals surface area contributed by atoms with Gasteiger partial charge in [0.25, 0.3) is 0 Å². The number of nitrogens with one attached hydrogen (secondary N) is 1. The van der Waals surface area contributed by atoms with Crippen LogP contribution in [0.15, 0.2) is 0 Å². The highest BCUT2D eigenvalue weighted by Crippen LogP contribution is 2.37. The van der Waals surface area contributed by atoms with Crippen molar-refractivity contribution < 1.29 is 9.47 Å². The second kappa shape index (κ2) is 6.88. The molecule has 1 atom stereocenters. The largest absolute Gasteiger partial charge is 0.381 e. The predicted molar refractivity (Wildman–Crippen MR) is 75.9 cm³/mol. The van der Waals surface area contributed by atoms with Crippen molar-refractivity contribution >= 4 is 0 Å². The summed E-state index contributed by atoms with van der Waals surface area (Å²) < 4.78 is 11.7. The molecule has 0 bridgehead atoms. The van der Waals surface area contributed by atoms with Gasteiger partial charge >= 0.3 is 0 Å². The molecule has 1 saturated heterocycles. The molecule has 0 aliphatic carbocycles. The maximum Gasteiger partial charge on any atom is 0.0883 e. The fraction of sp³-hybridized carbons (Fsp3) is 1.00. The first-order chi connectivity index (χ1) is 8.46. The van der Waals surface area contributed by atoms with E-state index in [1.54, 1.807) is 0 Å². The summed E-state index contributed by atoms with van der Waals surface area (Å²) in [5.74, 6) is 0. The first-order valence-corrected chi connectivity index (χ1v) is 7.41. The van der Waals surface area contributed by atoms with E-state index in [-0.39, 0.29) is 11.0 Å². The molecule has 0 aromatic rings. The molecule has 1 unspecified atom stereocenters. The van der Waals surface area contributed by atoms with E-state index in [2.05, 4.69) is 39.9 Å². The highest BCUT2D eigenvalue weighted by Gasteiger charge is 2.46. The van der Waals surface area contributed by atoms with E-state index in [0.717, 1.165) is 45.6 Å². The van der Waals surface area contributed by atoms with Gasteiger partial charge in [-0.3, -0.25) is 0 Å². The molecule has 0 saturated carbocycles. The summed E-state index contributed by atoms with van der Waals surface area (Å²) in [4.78, 5) is 0. The third-order valence-electron chi connectivity index (χ3n) is 3.76. The standard InChI is InChI=1S/C15H31NO2/c1-6-10-16-13(14(3,4)5)15(18-7-2)8-11-17-12-9-15/h13,16H,6-12H2,1-5H3. The van der Waals surface area contributed by atoms with Crippen LogP contribution in [-0.4, -0.2) is 38.0 Å². The second-order valence-corrected chi connectivity index (χ2v) is 6.36. The number of hydrogen-bond acceptors (Lipinski definition) is 3. The van der Waals surface area contributed by atoms with Crippen molar-refractivity contribution in [3.05, 3.63) is 0 Å². The summed E-state index contributed by atoms with van der Waals surface area (Å²) in [6.45, 7) is 14.7. The Morgan fingerprint density at radius 2 is 1.83 bits per heavy atom. The Morgan fingerprint density at radius 3 is 2.28 bits per heavy atom. The molecule has 0 aromatic carbocycles. The van der Waals surface area contributed by atoms with Crippen molar-refractivity contribution in [3.63, 3.8) is 0 Å². The summed E-state index contributed by atoms with van der Waals surface area (Å²) in [6, 6.07) is 0.383. The van der Waals surface area contributed by atoms with Crippen LogP contribution in [0.5, 0.6) is 0 Å². The summed E-state index contributed by atoms with van der Waals surface area (Å²) in [7, 11) is 0. The Bertz CT molecular complexity index is 224. The predicted octanol–water partition coefficient (Wildman–Crippen LogP) is 2.99. The van der Waals surface area contributed by atoms with Gasteiger partial charge in [-0.2, -0.15) is 0 Å². The normalized spacial score (nSPS) is 21.8. The van der Waals surface area contributed by atoms with Crippen LogP contribution in [0, 0.1) is 5.41 Å². The van der Waals surface area contributed by atoms with E-state index in [9.17, 15) is 0 Å². The number of hydrogen-bond donors (Lipinski definition) is 1. The summed E-state index contributed by atoms with van der Waals surface area (Å²) in [6.07, 6.45) is 3.16. The van der Waals surface area contributed by atoms with Crippen molar-refractivity contribution in [1.82, 2.24) is 5.32 Å². The Hall–Kier alpha value is -0.120. The average molecular weight is 257 g/mol. The molecule has 18 heavy (non-hydrogen) atoms. The van der Waals surface area contributed by atoms with Gasteiger partial charge in [-0.25, -0.2) is 0 Å². The Morgan fingerprint density at radius 1 is 1.22 bits per heavy atom. The van der Waals surface area contributed by atoms with Gasteiger partial charge in [-0.1, -0.05) is 27.7 Å². The maximum atomic E-state index is 6.21. The van der Waals surface area contributed by atoms with Crippen LogP contribution in [0.25, 0.3) is 0 Å². The van der Waals surface area contributed by atoms with Gasteiger partial charge in [0.15, 0.2) is 0 Å². The minimum Gasteiger partial charge on any atom is -0.381 e. The molecule has 3 heteroatoms. The van der Waals surface area contributed by atoms with Crippen molar-refractivity contribution in [3.8, 4) is 0 Å². The molecule has 1 heterocycles. The highest BCUT2D eigenvalue weighted by molar-refractivity contribution is 5.00. The van der Waals surface area contributed by atoms with Gasteiger partial charge in [0, 0.05) is 38.7 Å². The molecule has 0 aromatic heterocycles. The van der Waals surface area contributed by atoms with E-state index in [0.29, 0.717) is 6.04 Å². The second-order valence-electron chi connectivity index (χ2n) is 6.36. The maximum absolute atomic E-state index is 6.21. The van der Waals surface area contributed by atoms with Crippen LogP contribution in [0.2, 0.25) is 0 Å². The van der Waals surface area contributed by atoms with Crippen molar-refractivity contribution in [2.75, 3.05) is 26.4 Å². The minimum absolute atomic E-state index is 0.0551. The van der Waals surface area contributed by atoms with Gasteiger partial charge in [-0.05, 0) is 25.3 Å². The minimum atomic E-state index is -0.0551. The molecule has 1 aliphatic rings. The quantitative estimate of drug-likeness (QED) is 0.793. The number of rotatable bonds is 6. The lowest BCUT2D eigenvalue weighted by Crippen LogP contribution is -2.61. The third-order valence-corrected chi connectivity index (χ3v) is 3.76. The molecular formula is C15H31NO2. The topological polar surface area (TPSA) is 30.5 Å². The fourth-order valence-electron chi connectivity index (χ4n) is 3.09. The van der Waals surface area contributed by atoms with Gasteiger partial charge in [0.1, 0.15) is 0 Å². The zero-order valence-electron chi connectivity index (χ0n) is 12.8. The molecular weight excluding hydrogens is 226 g/mol. The van der Waals surface area contributed by atoms with Gasteiger partial charge in [-0.15, -0.1) is 0 Å². The van der Waals surface area contributed by atoms with Gasteiger partial charge in [0.2, 0.25) is 0 Å². The van der Waals surface area contributed by atoms with Crippen molar-refractivity contribution in [2.45, 2.75) is 65.5 Å². The van der Waals surface area contributed by atoms with E-state index in [4.69, 9.17) is 9.47 Å². The molecule has 3 nitrogen and oxygen atoms in total. The summed E-state index contributed by atoms with van der Waals surface area (Å²) >= 11 is 0. The van der Waals surface area contributed by atoms with Crippen LogP contribution in [0.3, 0.4) is 0 Å².